The number of aromatic nitrogens is 3. The average Bonchev–Trinajstić information content (AvgIpc) is 2.96. The number of anilines is 1. The predicted octanol–water partition coefficient (Wildman–Crippen LogP) is 0.539. The van der Waals surface area contributed by atoms with Crippen molar-refractivity contribution >= 4 is 11.6 Å². The second kappa shape index (κ2) is 3.58. The highest BCUT2D eigenvalue weighted by atomic mass is 16.1. The average molecular weight is 229 g/mol. The van der Waals surface area contributed by atoms with Crippen LogP contribution in [0.25, 0.3) is 11.3 Å². The summed E-state index contributed by atoms with van der Waals surface area (Å²) in [5, 5.41) is 13.4. The minimum atomic E-state index is -0.577. The predicted molar refractivity (Wildman–Crippen MR) is 62.5 cm³/mol. The van der Waals surface area contributed by atoms with Crippen molar-refractivity contribution in [1.29, 1.82) is 0 Å². The van der Waals surface area contributed by atoms with E-state index in [-0.39, 0.29) is 5.69 Å². The van der Waals surface area contributed by atoms with E-state index >= 15 is 0 Å². The Bertz CT molecular complexity index is 589. The fourth-order valence-corrected chi connectivity index (χ4v) is 2.06. The Morgan fingerprint density at radius 1 is 1.35 bits per heavy atom. The highest BCUT2D eigenvalue weighted by molar-refractivity contribution is 5.96. The minimum Gasteiger partial charge on any atom is -0.384 e. The van der Waals surface area contributed by atoms with Crippen molar-refractivity contribution in [1.82, 2.24) is 15.4 Å². The molecular formula is C11H11N5O. The van der Waals surface area contributed by atoms with E-state index in [4.69, 9.17) is 5.73 Å². The smallest absolute Gasteiger partial charge is 0.271 e. The molecule has 3 rings (SSSR count). The van der Waals surface area contributed by atoms with E-state index in [2.05, 4.69) is 20.7 Å². The topological polar surface area (TPSA) is 96.7 Å². The fourth-order valence-electron chi connectivity index (χ4n) is 2.06. The van der Waals surface area contributed by atoms with Gasteiger partial charge in [-0.1, -0.05) is 6.07 Å². The van der Waals surface area contributed by atoms with Gasteiger partial charge in [-0.05, 0) is 24.1 Å². The molecule has 0 bridgehead atoms. The zero-order valence-electron chi connectivity index (χ0n) is 9.03. The summed E-state index contributed by atoms with van der Waals surface area (Å²) >= 11 is 0. The van der Waals surface area contributed by atoms with Crippen LogP contribution in [0.15, 0.2) is 18.2 Å². The van der Waals surface area contributed by atoms with E-state index in [1.54, 1.807) is 0 Å². The number of fused-ring (bicyclic) bond motifs is 1. The molecular weight excluding hydrogens is 218 g/mol. The molecule has 6 heteroatoms. The van der Waals surface area contributed by atoms with E-state index in [1.807, 2.05) is 18.2 Å². The maximum absolute atomic E-state index is 11.2. The van der Waals surface area contributed by atoms with Gasteiger partial charge in [-0.3, -0.25) is 4.79 Å². The Hall–Kier alpha value is -2.37. The summed E-state index contributed by atoms with van der Waals surface area (Å²) in [4.78, 5) is 11.2. The van der Waals surface area contributed by atoms with Gasteiger partial charge < -0.3 is 11.1 Å². The quantitative estimate of drug-likeness (QED) is 0.700. The van der Waals surface area contributed by atoms with Crippen molar-refractivity contribution in [2.45, 2.75) is 6.42 Å². The first-order chi connectivity index (χ1) is 8.25. The molecule has 1 aromatic carbocycles. The number of hydrogen-bond acceptors (Lipinski definition) is 4. The summed E-state index contributed by atoms with van der Waals surface area (Å²) in [6.45, 7) is 0.945. The summed E-state index contributed by atoms with van der Waals surface area (Å²) < 4.78 is 0. The molecule has 0 atom stereocenters. The van der Waals surface area contributed by atoms with E-state index in [0.29, 0.717) is 5.69 Å². The van der Waals surface area contributed by atoms with Crippen molar-refractivity contribution in [3.63, 3.8) is 0 Å². The number of nitrogens with zero attached hydrogens (tertiary/aromatic N) is 2. The maximum Gasteiger partial charge on any atom is 0.271 e. The molecule has 0 saturated carbocycles. The van der Waals surface area contributed by atoms with Gasteiger partial charge in [-0.15, -0.1) is 0 Å². The van der Waals surface area contributed by atoms with Crippen molar-refractivity contribution < 1.29 is 4.79 Å². The van der Waals surface area contributed by atoms with Crippen molar-refractivity contribution in [2.24, 2.45) is 5.73 Å². The van der Waals surface area contributed by atoms with E-state index < -0.39 is 5.91 Å². The van der Waals surface area contributed by atoms with Gasteiger partial charge in [0.1, 0.15) is 5.69 Å². The monoisotopic (exact) mass is 229 g/mol. The maximum atomic E-state index is 11.2. The van der Waals surface area contributed by atoms with Crippen LogP contribution >= 0.6 is 0 Å². The van der Waals surface area contributed by atoms with Gasteiger partial charge in [0.05, 0.1) is 0 Å². The van der Waals surface area contributed by atoms with Crippen LogP contribution in [-0.2, 0) is 6.42 Å². The number of carbonyl (C=O) groups is 1. The van der Waals surface area contributed by atoms with E-state index in [0.717, 1.165) is 24.2 Å². The molecule has 86 valence electrons. The minimum absolute atomic E-state index is 0.177. The Balaban J connectivity index is 2.09. The molecule has 1 amide bonds. The largest absolute Gasteiger partial charge is 0.384 e. The number of amides is 1. The molecule has 0 radical (unpaired) electrons. The molecule has 1 aromatic heterocycles. The lowest BCUT2D eigenvalue weighted by Crippen LogP contribution is -2.12. The number of hydrogen-bond donors (Lipinski definition) is 3. The Morgan fingerprint density at radius 2 is 2.24 bits per heavy atom. The highest BCUT2D eigenvalue weighted by Crippen LogP contribution is 2.28. The Kier molecular flexibility index (Phi) is 2.07. The van der Waals surface area contributed by atoms with Crippen LogP contribution in [0.1, 0.15) is 16.1 Å². The Labute approximate surface area is 97.2 Å². The number of primary amides is 1. The standard InChI is InChI=1S/C11H11N5O/c12-11(17)10-9(14-16-15-10)7-1-2-8-6(5-7)3-4-13-8/h1-2,5,13H,3-4H2,(H2,12,17)(H,14,15,16). The van der Waals surface area contributed by atoms with Crippen LogP contribution in [0.3, 0.4) is 0 Å². The molecule has 2 heterocycles. The first-order valence-corrected chi connectivity index (χ1v) is 5.33. The number of benzene rings is 1. The van der Waals surface area contributed by atoms with Crippen molar-refractivity contribution in [2.75, 3.05) is 11.9 Å². The third-order valence-corrected chi connectivity index (χ3v) is 2.87. The normalized spacial score (nSPS) is 13.2. The van der Waals surface area contributed by atoms with Crippen molar-refractivity contribution in [3.05, 3.63) is 29.5 Å². The van der Waals surface area contributed by atoms with Gasteiger partial charge in [-0.2, -0.15) is 15.4 Å². The highest BCUT2D eigenvalue weighted by Gasteiger charge is 2.17. The number of aromatic amines is 1. The molecule has 0 unspecified atom stereocenters. The molecule has 6 nitrogen and oxygen atoms in total. The number of rotatable bonds is 2. The summed E-state index contributed by atoms with van der Waals surface area (Å²) in [7, 11) is 0. The van der Waals surface area contributed by atoms with Crippen LogP contribution in [-0.4, -0.2) is 27.9 Å². The molecule has 0 spiro atoms. The fraction of sp³-hybridized carbons (Fsp3) is 0.182. The van der Waals surface area contributed by atoms with Crippen LogP contribution in [0.4, 0.5) is 5.69 Å². The summed E-state index contributed by atoms with van der Waals surface area (Å²) in [5.74, 6) is -0.577. The molecule has 17 heavy (non-hydrogen) atoms. The number of carbonyl (C=O) groups excluding carboxylic acids is 1. The number of nitrogens with two attached hydrogens (primary N) is 1. The van der Waals surface area contributed by atoms with E-state index in [9.17, 15) is 4.79 Å². The lowest BCUT2D eigenvalue weighted by atomic mass is 10.0. The summed E-state index contributed by atoms with van der Waals surface area (Å²) in [5.41, 5.74) is 9.14. The molecule has 0 aliphatic carbocycles. The lowest BCUT2D eigenvalue weighted by Gasteiger charge is -2.02. The van der Waals surface area contributed by atoms with Gasteiger partial charge in [0.25, 0.3) is 5.91 Å². The zero-order valence-corrected chi connectivity index (χ0v) is 9.03. The van der Waals surface area contributed by atoms with Gasteiger partial charge in [-0.25, -0.2) is 0 Å². The van der Waals surface area contributed by atoms with Gasteiger partial charge >= 0.3 is 0 Å². The molecule has 0 saturated heterocycles. The van der Waals surface area contributed by atoms with Gasteiger partial charge in [0.15, 0.2) is 5.69 Å². The van der Waals surface area contributed by atoms with Gasteiger partial charge in [0, 0.05) is 17.8 Å². The SMILES string of the molecule is NC(=O)c1n[nH]nc1-c1ccc2c(c1)CCN2. The van der Waals surface area contributed by atoms with Crippen LogP contribution in [0, 0.1) is 0 Å². The first-order valence-electron chi connectivity index (χ1n) is 5.33. The second-order valence-electron chi connectivity index (χ2n) is 3.93. The zero-order chi connectivity index (χ0) is 11.8. The molecule has 1 aliphatic heterocycles. The van der Waals surface area contributed by atoms with Gasteiger partial charge in [0.2, 0.25) is 0 Å². The van der Waals surface area contributed by atoms with Crippen LogP contribution in [0.2, 0.25) is 0 Å². The van der Waals surface area contributed by atoms with E-state index in [1.165, 1.54) is 5.56 Å². The lowest BCUT2D eigenvalue weighted by molar-refractivity contribution is 0.0996. The number of nitrogens with one attached hydrogen (secondary N) is 2. The number of H-pyrrole nitrogens is 1. The molecule has 4 N–H and O–H groups in total. The molecule has 1 aliphatic rings. The Morgan fingerprint density at radius 3 is 3.06 bits per heavy atom. The summed E-state index contributed by atoms with van der Waals surface area (Å²) in [6, 6.07) is 5.90. The third kappa shape index (κ3) is 1.54. The van der Waals surface area contributed by atoms with Crippen molar-refractivity contribution in [3.8, 4) is 11.3 Å². The van der Waals surface area contributed by atoms with Crippen LogP contribution < -0.4 is 11.1 Å². The first kappa shape index (κ1) is 9.83. The van der Waals surface area contributed by atoms with Crippen LogP contribution in [0.5, 0.6) is 0 Å². The third-order valence-electron chi connectivity index (χ3n) is 2.87. The second-order valence-corrected chi connectivity index (χ2v) is 3.93. The molecule has 2 aromatic rings. The summed E-state index contributed by atoms with van der Waals surface area (Å²) in [6.07, 6.45) is 0.979. The molecule has 0 fully saturated rings.